The smallest absolute Gasteiger partial charge is 0.236 e. The molecular weight excluding hydrogens is 478 g/mol. The Labute approximate surface area is 214 Å². The van der Waals surface area contributed by atoms with E-state index < -0.39 is 0 Å². The third-order valence-corrected chi connectivity index (χ3v) is 6.68. The number of halogens is 1. The van der Waals surface area contributed by atoms with E-state index in [1.165, 1.54) is 0 Å². The Morgan fingerprint density at radius 1 is 1.11 bits per heavy atom. The SMILES string of the molecule is Cc1noc(C)c1-c1ccc2nc(N3CCN(C(=O)CN)CC3)nc(NCc3cccc(Cl)c3)c2c1. The second kappa shape index (κ2) is 10.1. The van der Waals surface area contributed by atoms with Crippen molar-refractivity contribution in [2.45, 2.75) is 20.4 Å². The lowest BCUT2D eigenvalue weighted by molar-refractivity contribution is -0.129. The number of fused-ring (bicyclic) bond motifs is 1. The van der Waals surface area contributed by atoms with Gasteiger partial charge in [-0.05, 0) is 49.2 Å². The van der Waals surface area contributed by atoms with E-state index in [4.69, 9.17) is 31.8 Å². The highest BCUT2D eigenvalue weighted by Gasteiger charge is 2.23. The van der Waals surface area contributed by atoms with Crippen LogP contribution in [0.15, 0.2) is 47.0 Å². The minimum absolute atomic E-state index is 0.0253. The Balaban J connectivity index is 1.51. The van der Waals surface area contributed by atoms with Crippen LogP contribution in [0.4, 0.5) is 11.8 Å². The molecule has 0 bridgehead atoms. The van der Waals surface area contributed by atoms with Gasteiger partial charge in [0, 0.05) is 48.7 Å². The number of amides is 1. The predicted octanol–water partition coefficient (Wildman–Crippen LogP) is 3.77. The van der Waals surface area contributed by atoms with Gasteiger partial charge in [-0.2, -0.15) is 4.98 Å². The van der Waals surface area contributed by atoms with Gasteiger partial charge in [-0.25, -0.2) is 4.98 Å². The fraction of sp³-hybridized carbons (Fsp3) is 0.308. The van der Waals surface area contributed by atoms with Crippen molar-refractivity contribution >= 4 is 40.2 Å². The molecule has 0 unspecified atom stereocenters. The number of anilines is 2. The first-order chi connectivity index (χ1) is 17.4. The van der Waals surface area contributed by atoms with Crippen LogP contribution in [0, 0.1) is 13.8 Å². The quantitative estimate of drug-likeness (QED) is 0.407. The molecule has 9 nitrogen and oxygen atoms in total. The molecule has 2 aromatic heterocycles. The molecule has 1 aliphatic rings. The number of carbonyl (C=O) groups excluding carboxylic acids is 1. The molecule has 0 aliphatic carbocycles. The number of aryl methyl sites for hydroxylation is 2. The first-order valence-electron chi connectivity index (χ1n) is 11.9. The summed E-state index contributed by atoms with van der Waals surface area (Å²) in [5.41, 5.74) is 10.2. The Kier molecular flexibility index (Phi) is 6.75. The van der Waals surface area contributed by atoms with Crippen LogP contribution < -0.4 is 16.0 Å². The van der Waals surface area contributed by atoms with Gasteiger partial charge in [0.2, 0.25) is 11.9 Å². The van der Waals surface area contributed by atoms with Crippen LogP contribution in [0.2, 0.25) is 5.02 Å². The van der Waals surface area contributed by atoms with Crippen LogP contribution in [0.5, 0.6) is 0 Å². The fourth-order valence-corrected chi connectivity index (χ4v) is 4.77. The zero-order chi connectivity index (χ0) is 25.2. The molecule has 0 atom stereocenters. The average Bonchev–Trinajstić information content (AvgIpc) is 3.24. The van der Waals surface area contributed by atoms with Gasteiger partial charge in [0.05, 0.1) is 17.8 Å². The summed E-state index contributed by atoms with van der Waals surface area (Å²) < 4.78 is 5.39. The average molecular weight is 506 g/mol. The zero-order valence-electron chi connectivity index (χ0n) is 20.3. The van der Waals surface area contributed by atoms with Gasteiger partial charge < -0.3 is 25.4 Å². The standard InChI is InChI=1S/C26H28ClN7O2/c1-16-24(17(2)36-32-16)19-6-7-22-21(13-19)25(29-15-18-4-3-5-20(27)12-18)31-26(30-22)34-10-8-33(9-11-34)23(35)14-28/h3-7,12-13H,8-11,14-15,28H2,1-2H3,(H,29,30,31). The summed E-state index contributed by atoms with van der Waals surface area (Å²) in [6.07, 6.45) is 0. The second-order valence-corrected chi connectivity index (χ2v) is 9.30. The molecule has 1 aliphatic heterocycles. The van der Waals surface area contributed by atoms with Crippen LogP contribution in [0.25, 0.3) is 22.0 Å². The van der Waals surface area contributed by atoms with Crippen LogP contribution in [0.1, 0.15) is 17.0 Å². The van der Waals surface area contributed by atoms with Crippen molar-refractivity contribution in [3.05, 3.63) is 64.5 Å². The summed E-state index contributed by atoms with van der Waals surface area (Å²) in [6.45, 7) is 6.89. The molecule has 0 saturated carbocycles. The molecule has 186 valence electrons. The van der Waals surface area contributed by atoms with E-state index in [9.17, 15) is 4.79 Å². The summed E-state index contributed by atoms with van der Waals surface area (Å²) in [6, 6.07) is 13.8. The highest BCUT2D eigenvalue weighted by molar-refractivity contribution is 6.30. The normalized spacial score (nSPS) is 13.9. The van der Waals surface area contributed by atoms with Gasteiger partial charge in [-0.1, -0.05) is 35.0 Å². The summed E-state index contributed by atoms with van der Waals surface area (Å²) in [5, 5.41) is 9.18. The number of benzene rings is 2. The molecule has 0 spiro atoms. The van der Waals surface area contributed by atoms with E-state index in [0.29, 0.717) is 43.7 Å². The number of carbonyl (C=O) groups is 1. The minimum Gasteiger partial charge on any atom is -0.365 e. The number of hydrogen-bond acceptors (Lipinski definition) is 8. The highest BCUT2D eigenvalue weighted by Crippen LogP contribution is 2.32. The van der Waals surface area contributed by atoms with Crippen molar-refractivity contribution in [1.82, 2.24) is 20.0 Å². The van der Waals surface area contributed by atoms with Gasteiger partial charge >= 0.3 is 0 Å². The van der Waals surface area contributed by atoms with Crippen LogP contribution >= 0.6 is 11.6 Å². The lowest BCUT2D eigenvalue weighted by atomic mass is 10.0. The maximum absolute atomic E-state index is 12.0. The monoisotopic (exact) mass is 505 g/mol. The lowest BCUT2D eigenvalue weighted by Gasteiger charge is -2.34. The largest absolute Gasteiger partial charge is 0.365 e. The number of aromatic nitrogens is 3. The third-order valence-electron chi connectivity index (χ3n) is 6.44. The number of nitrogens with zero attached hydrogens (tertiary/aromatic N) is 5. The van der Waals surface area contributed by atoms with Gasteiger partial charge in [0.1, 0.15) is 11.6 Å². The van der Waals surface area contributed by atoms with Crippen molar-refractivity contribution in [2.75, 3.05) is 42.9 Å². The molecule has 2 aromatic carbocycles. The number of rotatable bonds is 6. The Morgan fingerprint density at radius 2 is 1.92 bits per heavy atom. The molecular formula is C26H28ClN7O2. The van der Waals surface area contributed by atoms with Gasteiger partial charge in [-0.15, -0.1) is 0 Å². The third kappa shape index (κ3) is 4.84. The van der Waals surface area contributed by atoms with E-state index in [0.717, 1.165) is 44.9 Å². The van der Waals surface area contributed by atoms with Crippen LogP contribution in [-0.4, -0.2) is 58.7 Å². The number of hydrogen-bond donors (Lipinski definition) is 2. The van der Waals surface area contributed by atoms with Crippen LogP contribution in [-0.2, 0) is 11.3 Å². The first kappa shape index (κ1) is 24.0. The Bertz CT molecular complexity index is 1390. The Hall–Kier alpha value is -3.69. The second-order valence-electron chi connectivity index (χ2n) is 8.86. The van der Waals surface area contributed by atoms with E-state index in [2.05, 4.69) is 21.4 Å². The summed E-state index contributed by atoms with van der Waals surface area (Å²) in [7, 11) is 0. The van der Waals surface area contributed by atoms with Crippen molar-refractivity contribution < 1.29 is 9.32 Å². The van der Waals surface area contributed by atoms with Crippen molar-refractivity contribution in [1.29, 1.82) is 0 Å². The fourth-order valence-electron chi connectivity index (χ4n) is 4.56. The molecule has 5 rings (SSSR count). The summed E-state index contributed by atoms with van der Waals surface area (Å²) in [4.78, 5) is 25.7. The summed E-state index contributed by atoms with van der Waals surface area (Å²) >= 11 is 6.19. The molecule has 0 radical (unpaired) electrons. The minimum atomic E-state index is -0.0372. The van der Waals surface area contributed by atoms with E-state index in [-0.39, 0.29) is 12.5 Å². The van der Waals surface area contributed by atoms with Crippen molar-refractivity contribution in [3.8, 4) is 11.1 Å². The molecule has 4 aromatic rings. The zero-order valence-corrected chi connectivity index (χ0v) is 21.0. The van der Waals surface area contributed by atoms with E-state index in [1.807, 2.05) is 50.2 Å². The molecule has 10 heteroatoms. The maximum Gasteiger partial charge on any atom is 0.236 e. The predicted molar refractivity (Wildman–Crippen MR) is 141 cm³/mol. The number of nitrogens with two attached hydrogens (primary N) is 1. The van der Waals surface area contributed by atoms with E-state index >= 15 is 0 Å². The van der Waals surface area contributed by atoms with Crippen LogP contribution in [0.3, 0.4) is 0 Å². The number of piperazine rings is 1. The Morgan fingerprint density at radius 3 is 2.61 bits per heavy atom. The molecule has 36 heavy (non-hydrogen) atoms. The summed E-state index contributed by atoms with van der Waals surface area (Å²) in [5.74, 6) is 2.08. The lowest BCUT2D eigenvalue weighted by Crippen LogP contribution is -2.50. The first-order valence-corrected chi connectivity index (χ1v) is 12.3. The van der Waals surface area contributed by atoms with Crippen molar-refractivity contribution in [2.24, 2.45) is 5.73 Å². The van der Waals surface area contributed by atoms with Gasteiger partial charge in [0.15, 0.2) is 0 Å². The molecule has 1 amide bonds. The van der Waals surface area contributed by atoms with E-state index in [1.54, 1.807) is 4.90 Å². The van der Waals surface area contributed by atoms with Gasteiger partial charge in [-0.3, -0.25) is 4.79 Å². The van der Waals surface area contributed by atoms with Crippen molar-refractivity contribution in [3.63, 3.8) is 0 Å². The topological polar surface area (TPSA) is 113 Å². The van der Waals surface area contributed by atoms with Gasteiger partial charge in [0.25, 0.3) is 0 Å². The molecule has 3 heterocycles. The molecule has 1 saturated heterocycles. The maximum atomic E-state index is 12.0. The molecule has 3 N–H and O–H groups in total. The number of nitrogens with one attached hydrogen (secondary N) is 1. The highest BCUT2D eigenvalue weighted by atomic mass is 35.5. The molecule has 1 fully saturated rings.